The molecule has 0 amide bonds. The van der Waals surface area contributed by atoms with Crippen LogP contribution in [0.25, 0.3) is 0 Å². The minimum Gasteiger partial charge on any atom is -0.466 e. The third kappa shape index (κ3) is 36.2. The van der Waals surface area contributed by atoms with Crippen molar-refractivity contribution in [1.29, 1.82) is 0 Å². The van der Waals surface area contributed by atoms with E-state index in [9.17, 15) is 4.79 Å². The molecule has 2 heteroatoms. The maximum Gasteiger partial charge on any atom is 0.302 e. The van der Waals surface area contributed by atoms with Gasteiger partial charge in [-0.2, -0.15) is 0 Å². The summed E-state index contributed by atoms with van der Waals surface area (Å²) in [5.74, 6) is -0.211. The molecule has 0 radical (unpaired) electrons. The third-order valence-electron chi connectivity index (χ3n) is 6.93. The number of hydrogen-bond acceptors (Lipinski definition) is 2. The van der Waals surface area contributed by atoms with Crippen LogP contribution in [0.5, 0.6) is 0 Å². The number of hydrogen-bond donors (Lipinski definition) is 0. The topological polar surface area (TPSA) is 26.3 Å². The van der Waals surface area contributed by atoms with Crippen LogP contribution in [0.2, 0.25) is 0 Å². The normalized spacial score (nSPS) is 8.60. The number of rotatable bonds is 1. The summed E-state index contributed by atoms with van der Waals surface area (Å²) in [4.78, 5) is 9.82. The van der Waals surface area contributed by atoms with Crippen LogP contribution < -0.4 is 0 Å². The van der Waals surface area contributed by atoms with Gasteiger partial charge < -0.3 is 4.74 Å². The molecule has 7 aromatic carbocycles. The molecule has 0 aliphatic carbocycles. The van der Waals surface area contributed by atoms with Crippen LogP contribution in [-0.2, 0) is 9.53 Å². The quantitative estimate of drug-likeness (QED) is 0.157. The molecule has 2 nitrogen and oxygen atoms in total. The van der Waals surface area contributed by atoms with Crippen LogP contribution in [0.1, 0.15) is 52.8 Å². The van der Waals surface area contributed by atoms with Crippen molar-refractivity contribution in [2.24, 2.45) is 0 Å². The van der Waals surface area contributed by atoms with Crippen LogP contribution in [0.3, 0.4) is 0 Å². The molecule has 0 unspecified atom stereocenters. The maximum absolute atomic E-state index is 9.82. The Morgan fingerprint density at radius 3 is 0.473 bits per heavy atom. The lowest BCUT2D eigenvalue weighted by Gasteiger charge is -1.89. The fourth-order valence-corrected chi connectivity index (χ4v) is 3.94. The first-order chi connectivity index (χ1) is 26.5. The Morgan fingerprint density at radius 2 is 0.436 bits per heavy atom. The Bertz CT molecular complexity index is 1420. The van der Waals surface area contributed by atoms with Crippen molar-refractivity contribution in [2.45, 2.75) is 62.3 Å². The van der Waals surface area contributed by atoms with Gasteiger partial charge in [0, 0.05) is 6.92 Å². The average Bonchev–Trinajstić information content (AvgIpc) is 3.19. The van der Waals surface area contributed by atoms with Gasteiger partial charge in [-0.15, -0.1) is 0 Å². The van der Waals surface area contributed by atoms with E-state index in [1.165, 1.54) is 45.9 Å². The van der Waals surface area contributed by atoms with Crippen molar-refractivity contribution in [2.75, 3.05) is 6.61 Å². The zero-order valence-electron chi connectivity index (χ0n) is 34.7. The van der Waals surface area contributed by atoms with E-state index in [0.29, 0.717) is 6.61 Å². The Hall–Kier alpha value is -5.99. The summed E-state index contributed by atoms with van der Waals surface area (Å²) in [6.07, 6.45) is 0. The highest BCUT2D eigenvalue weighted by Crippen LogP contribution is 1.96. The molecule has 0 bridgehead atoms. The molecule has 0 aromatic heterocycles. The molecule has 55 heavy (non-hydrogen) atoms. The first kappa shape index (κ1) is 49.0. The minimum atomic E-state index is -0.211. The zero-order valence-corrected chi connectivity index (χ0v) is 34.7. The molecular formula is C53H64O2. The molecule has 0 heterocycles. The lowest BCUT2D eigenvalue weighted by molar-refractivity contribution is -0.140. The standard InChI is InChI=1S/7C7H8.C4H8O2/c7*1-7-5-3-2-4-6-7;1-3-6-4(2)5/h7*2-6H,1H3;3H2,1-2H3. The van der Waals surface area contributed by atoms with Gasteiger partial charge in [0.05, 0.1) is 6.61 Å². The summed E-state index contributed by atoms with van der Waals surface area (Å²) in [5, 5.41) is 0. The fraction of sp³-hybridized carbons (Fsp3) is 0.189. The summed E-state index contributed by atoms with van der Waals surface area (Å²) in [5.41, 5.74) is 9.25. The number of benzene rings is 7. The Labute approximate surface area is 334 Å². The van der Waals surface area contributed by atoms with Gasteiger partial charge in [-0.05, 0) is 55.4 Å². The van der Waals surface area contributed by atoms with E-state index in [-0.39, 0.29) is 5.97 Å². The molecule has 7 rings (SSSR count). The van der Waals surface area contributed by atoms with E-state index >= 15 is 0 Å². The molecule has 0 spiro atoms. The van der Waals surface area contributed by atoms with E-state index in [0.717, 1.165) is 0 Å². The van der Waals surface area contributed by atoms with Crippen molar-refractivity contribution >= 4 is 5.97 Å². The molecule has 0 aliphatic heterocycles. The van der Waals surface area contributed by atoms with Gasteiger partial charge in [-0.3, -0.25) is 4.79 Å². The molecule has 0 saturated heterocycles. The van der Waals surface area contributed by atoms with Crippen LogP contribution in [0, 0.1) is 48.5 Å². The highest BCUT2D eigenvalue weighted by atomic mass is 16.5. The molecule has 0 aliphatic rings. The second kappa shape index (κ2) is 35.1. The SMILES string of the molecule is CCOC(C)=O.Cc1ccccc1.Cc1ccccc1.Cc1ccccc1.Cc1ccccc1.Cc1ccccc1.Cc1ccccc1.Cc1ccccc1. The van der Waals surface area contributed by atoms with Gasteiger partial charge in [0.1, 0.15) is 0 Å². The molecule has 7 aromatic rings. The summed E-state index contributed by atoms with van der Waals surface area (Å²) >= 11 is 0. The van der Waals surface area contributed by atoms with Crippen molar-refractivity contribution in [3.05, 3.63) is 251 Å². The van der Waals surface area contributed by atoms with Gasteiger partial charge in [-0.25, -0.2) is 0 Å². The average molecular weight is 733 g/mol. The van der Waals surface area contributed by atoms with Crippen LogP contribution >= 0.6 is 0 Å². The van der Waals surface area contributed by atoms with Crippen LogP contribution in [-0.4, -0.2) is 12.6 Å². The summed E-state index contributed by atoms with van der Waals surface area (Å²) < 4.78 is 4.40. The predicted octanol–water partition coefficient (Wildman–Crippen LogP) is 14.5. The van der Waals surface area contributed by atoms with Gasteiger partial charge in [0.25, 0.3) is 0 Å². The zero-order chi connectivity index (χ0) is 40.8. The van der Waals surface area contributed by atoms with Crippen molar-refractivity contribution in [3.63, 3.8) is 0 Å². The number of ether oxygens (including phenoxy) is 1. The summed E-state index contributed by atoms with van der Waals surface area (Å²) in [7, 11) is 0. The first-order valence-electron chi connectivity index (χ1n) is 18.8. The van der Waals surface area contributed by atoms with Crippen LogP contribution in [0.15, 0.2) is 212 Å². The van der Waals surface area contributed by atoms with Crippen molar-refractivity contribution in [1.82, 2.24) is 0 Å². The Kier molecular flexibility index (Phi) is 31.2. The first-order valence-corrected chi connectivity index (χ1v) is 18.8. The second-order valence-electron chi connectivity index (χ2n) is 12.5. The maximum atomic E-state index is 9.82. The van der Waals surface area contributed by atoms with E-state index in [4.69, 9.17) is 0 Å². The van der Waals surface area contributed by atoms with E-state index in [1.54, 1.807) is 6.92 Å². The lowest BCUT2D eigenvalue weighted by atomic mass is 10.2. The van der Waals surface area contributed by atoms with E-state index in [2.05, 4.69) is 138 Å². The van der Waals surface area contributed by atoms with Gasteiger partial charge in [0.2, 0.25) is 0 Å². The monoisotopic (exact) mass is 732 g/mol. The minimum absolute atomic E-state index is 0.211. The second-order valence-corrected chi connectivity index (χ2v) is 12.5. The third-order valence-corrected chi connectivity index (χ3v) is 6.93. The van der Waals surface area contributed by atoms with Gasteiger partial charge in [-0.1, -0.05) is 251 Å². The van der Waals surface area contributed by atoms with Gasteiger partial charge in [0.15, 0.2) is 0 Å². The molecule has 0 atom stereocenters. The molecular weight excluding hydrogens is 669 g/mol. The highest BCUT2D eigenvalue weighted by Gasteiger charge is 1.82. The number of carbonyl (C=O) groups excluding carboxylic acids is 1. The van der Waals surface area contributed by atoms with Gasteiger partial charge >= 0.3 is 5.97 Å². The molecule has 0 fully saturated rings. The predicted molar refractivity (Wildman–Crippen MR) is 241 cm³/mol. The molecule has 288 valence electrons. The molecule has 0 N–H and O–H groups in total. The Morgan fingerprint density at radius 1 is 0.309 bits per heavy atom. The highest BCUT2D eigenvalue weighted by molar-refractivity contribution is 5.65. The van der Waals surface area contributed by atoms with E-state index in [1.807, 2.05) is 127 Å². The molecule has 0 saturated carbocycles. The summed E-state index contributed by atoms with van der Waals surface area (Å²) in [6, 6.07) is 71.8. The van der Waals surface area contributed by atoms with E-state index < -0.39 is 0 Å². The number of esters is 1. The fourth-order valence-electron chi connectivity index (χ4n) is 3.94. The number of aryl methyl sites for hydroxylation is 7. The number of carbonyl (C=O) groups is 1. The lowest BCUT2D eigenvalue weighted by Crippen LogP contribution is -1.95. The summed E-state index contributed by atoms with van der Waals surface area (Å²) in [6.45, 7) is 18.2. The largest absolute Gasteiger partial charge is 0.466 e. The smallest absolute Gasteiger partial charge is 0.302 e. The van der Waals surface area contributed by atoms with Crippen molar-refractivity contribution < 1.29 is 9.53 Å². The Balaban J connectivity index is 0.000000606. The van der Waals surface area contributed by atoms with Crippen LogP contribution in [0.4, 0.5) is 0 Å². The van der Waals surface area contributed by atoms with Crippen molar-refractivity contribution in [3.8, 4) is 0 Å².